The van der Waals surface area contributed by atoms with Crippen molar-refractivity contribution < 1.29 is 13.9 Å². The molecule has 2 aliphatic rings. The first-order chi connectivity index (χ1) is 12.8. The maximum Gasteiger partial charge on any atom is 0.155 e. The van der Waals surface area contributed by atoms with Crippen LogP contribution in [0, 0.1) is 17.1 Å². The standard InChI is InChI=1S/C21H21FN2O2/c22-18-11-15(13-24-6-8-25-9-7-24)10-17-14-26-19(12-23)21(20(17)18)16-4-2-1-3-5-16/h1-5,10-11,19,21H,6-9,13-14H2. The maximum absolute atomic E-state index is 15.1. The monoisotopic (exact) mass is 352 g/mol. The van der Waals surface area contributed by atoms with Gasteiger partial charge in [0.25, 0.3) is 0 Å². The van der Waals surface area contributed by atoms with Crippen molar-refractivity contribution in [2.24, 2.45) is 0 Å². The summed E-state index contributed by atoms with van der Waals surface area (Å²) in [5.41, 5.74) is 3.28. The first kappa shape index (κ1) is 17.2. The molecular formula is C21H21FN2O2. The lowest BCUT2D eigenvalue weighted by Gasteiger charge is -2.32. The lowest BCUT2D eigenvalue weighted by Crippen LogP contribution is -2.36. The van der Waals surface area contributed by atoms with Crippen molar-refractivity contribution in [2.75, 3.05) is 26.3 Å². The Morgan fingerprint density at radius 1 is 1.15 bits per heavy atom. The van der Waals surface area contributed by atoms with Crippen LogP contribution in [-0.2, 0) is 22.6 Å². The molecule has 26 heavy (non-hydrogen) atoms. The average Bonchev–Trinajstić information content (AvgIpc) is 2.68. The molecule has 0 aliphatic carbocycles. The topological polar surface area (TPSA) is 45.5 Å². The van der Waals surface area contributed by atoms with Crippen LogP contribution >= 0.6 is 0 Å². The lowest BCUT2D eigenvalue weighted by molar-refractivity contribution is 0.0338. The number of fused-ring (bicyclic) bond motifs is 1. The van der Waals surface area contributed by atoms with Crippen molar-refractivity contribution in [3.8, 4) is 6.07 Å². The zero-order chi connectivity index (χ0) is 17.9. The van der Waals surface area contributed by atoms with Gasteiger partial charge in [-0.3, -0.25) is 4.90 Å². The molecule has 0 amide bonds. The Balaban J connectivity index is 1.69. The Kier molecular flexibility index (Phi) is 4.98. The third-order valence-corrected chi connectivity index (χ3v) is 5.10. The van der Waals surface area contributed by atoms with Crippen LogP contribution < -0.4 is 0 Å². The Hall–Kier alpha value is -2.26. The minimum Gasteiger partial charge on any atom is -0.379 e. The summed E-state index contributed by atoms with van der Waals surface area (Å²) in [5.74, 6) is -0.648. The highest BCUT2D eigenvalue weighted by molar-refractivity contribution is 5.44. The van der Waals surface area contributed by atoms with E-state index in [1.54, 1.807) is 6.07 Å². The van der Waals surface area contributed by atoms with E-state index in [0.717, 1.165) is 43.0 Å². The summed E-state index contributed by atoms with van der Waals surface area (Å²) in [7, 11) is 0. The molecule has 2 aromatic carbocycles. The van der Waals surface area contributed by atoms with Gasteiger partial charge in [-0.2, -0.15) is 5.26 Å². The zero-order valence-electron chi connectivity index (χ0n) is 14.5. The minimum absolute atomic E-state index is 0.247. The van der Waals surface area contributed by atoms with E-state index < -0.39 is 12.0 Å². The first-order valence-electron chi connectivity index (χ1n) is 8.93. The van der Waals surface area contributed by atoms with Gasteiger partial charge in [0.2, 0.25) is 0 Å². The van der Waals surface area contributed by atoms with E-state index in [2.05, 4.69) is 11.0 Å². The molecule has 2 heterocycles. The maximum atomic E-state index is 15.1. The van der Waals surface area contributed by atoms with Crippen molar-refractivity contribution in [1.29, 1.82) is 5.26 Å². The highest BCUT2D eigenvalue weighted by Crippen LogP contribution is 2.38. The largest absolute Gasteiger partial charge is 0.379 e. The molecule has 0 aromatic heterocycles. The zero-order valence-corrected chi connectivity index (χ0v) is 14.5. The molecule has 1 fully saturated rings. The quantitative estimate of drug-likeness (QED) is 0.851. The molecule has 134 valence electrons. The SMILES string of the molecule is N#CC1OCc2cc(CN3CCOCC3)cc(F)c2C1c1ccccc1. The molecule has 4 rings (SSSR count). The Morgan fingerprint density at radius 3 is 2.65 bits per heavy atom. The minimum atomic E-state index is -0.676. The number of halogens is 1. The molecule has 2 atom stereocenters. The van der Waals surface area contributed by atoms with Gasteiger partial charge in [-0.15, -0.1) is 0 Å². The number of morpholine rings is 1. The van der Waals surface area contributed by atoms with Crippen LogP contribution in [0.5, 0.6) is 0 Å². The predicted octanol–water partition coefficient (Wildman–Crippen LogP) is 3.21. The highest BCUT2D eigenvalue weighted by atomic mass is 19.1. The van der Waals surface area contributed by atoms with Gasteiger partial charge in [0, 0.05) is 25.2 Å². The van der Waals surface area contributed by atoms with Crippen LogP contribution in [0.15, 0.2) is 42.5 Å². The average molecular weight is 352 g/mol. The summed E-state index contributed by atoms with van der Waals surface area (Å²) in [4.78, 5) is 2.26. The van der Waals surface area contributed by atoms with E-state index in [4.69, 9.17) is 9.47 Å². The molecule has 4 nitrogen and oxygen atoms in total. The van der Waals surface area contributed by atoms with Crippen molar-refractivity contribution in [3.63, 3.8) is 0 Å². The van der Waals surface area contributed by atoms with Gasteiger partial charge >= 0.3 is 0 Å². The fourth-order valence-electron chi connectivity index (χ4n) is 3.85. The van der Waals surface area contributed by atoms with E-state index in [-0.39, 0.29) is 12.4 Å². The molecule has 0 bridgehead atoms. The van der Waals surface area contributed by atoms with Crippen LogP contribution in [-0.4, -0.2) is 37.3 Å². The summed E-state index contributed by atoms with van der Waals surface area (Å²) in [5, 5.41) is 9.49. The van der Waals surface area contributed by atoms with Crippen LogP contribution in [0.25, 0.3) is 0 Å². The molecular weight excluding hydrogens is 331 g/mol. The number of nitriles is 1. The number of hydrogen-bond donors (Lipinski definition) is 0. The predicted molar refractivity (Wildman–Crippen MR) is 95.0 cm³/mol. The third-order valence-electron chi connectivity index (χ3n) is 5.10. The van der Waals surface area contributed by atoms with Crippen LogP contribution in [0.4, 0.5) is 4.39 Å². The van der Waals surface area contributed by atoms with Crippen LogP contribution in [0.2, 0.25) is 0 Å². The molecule has 1 saturated heterocycles. The molecule has 5 heteroatoms. The first-order valence-corrected chi connectivity index (χ1v) is 8.93. The number of hydrogen-bond acceptors (Lipinski definition) is 4. The van der Waals surface area contributed by atoms with Crippen LogP contribution in [0.3, 0.4) is 0 Å². The molecule has 0 radical (unpaired) electrons. The van der Waals surface area contributed by atoms with Crippen molar-refractivity contribution >= 4 is 0 Å². The van der Waals surface area contributed by atoms with Gasteiger partial charge in [0.15, 0.2) is 6.10 Å². The smallest absolute Gasteiger partial charge is 0.155 e. The lowest BCUT2D eigenvalue weighted by atomic mass is 9.81. The Morgan fingerprint density at radius 2 is 1.92 bits per heavy atom. The van der Waals surface area contributed by atoms with E-state index >= 15 is 4.39 Å². The summed E-state index contributed by atoms with van der Waals surface area (Å²) >= 11 is 0. The van der Waals surface area contributed by atoms with Crippen LogP contribution in [0.1, 0.15) is 28.2 Å². The van der Waals surface area contributed by atoms with E-state index in [1.165, 1.54) is 0 Å². The molecule has 2 aromatic rings. The van der Waals surface area contributed by atoms with Crippen molar-refractivity contribution in [1.82, 2.24) is 4.90 Å². The van der Waals surface area contributed by atoms with E-state index in [9.17, 15) is 5.26 Å². The summed E-state index contributed by atoms with van der Waals surface area (Å²) in [6.45, 7) is 4.12. The molecule has 0 spiro atoms. The fraction of sp³-hybridized carbons (Fsp3) is 0.381. The van der Waals surface area contributed by atoms with Gasteiger partial charge < -0.3 is 9.47 Å². The summed E-state index contributed by atoms with van der Waals surface area (Å²) in [6.07, 6.45) is -0.676. The van der Waals surface area contributed by atoms with Crippen molar-refractivity contribution in [2.45, 2.75) is 25.2 Å². The molecule has 0 saturated carbocycles. The Labute approximate surface area is 152 Å². The Bertz CT molecular complexity index is 813. The van der Waals surface area contributed by atoms with E-state index in [0.29, 0.717) is 12.1 Å². The number of nitrogens with zero attached hydrogens (tertiary/aromatic N) is 2. The highest BCUT2D eigenvalue weighted by Gasteiger charge is 2.34. The second-order valence-electron chi connectivity index (χ2n) is 6.79. The van der Waals surface area contributed by atoms with E-state index in [1.807, 2.05) is 36.4 Å². The van der Waals surface area contributed by atoms with Gasteiger partial charge in [0.1, 0.15) is 5.82 Å². The summed E-state index contributed by atoms with van der Waals surface area (Å²) < 4.78 is 26.3. The molecule has 2 unspecified atom stereocenters. The number of rotatable bonds is 3. The summed E-state index contributed by atoms with van der Waals surface area (Å²) in [6, 6.07) is 15.4. The van der Waals surface area contributed by atoms with Gasteiger partial charge in [-0.25, -0.2) is 4.39 Å². The van der Waals surface area contributed by atoms with Gasteiger partial charge in [0.05, 0.1) is 31.8 Å². The fourth-order valence-corrected chi connectivity index (χ4v) is 3.85. The number of benzene rings is 2. The number of ether oxygens (including phenoxy) is 2. The second kappa shape index (κ2) is 7.55. The molecule has 0 N–H and O–H groups in total. The van der Waals surface area contributed by atoms with Gasteiger partial charge in [-0.1, -0.05) is 36.4 Å². The third kappa shape index (κ3) is 3.36. The molecule has 2 aliphatic heterocycles. The normalized spacial score (nSPS) is 23.2. The van der Waals surface area contributed by atoms with Crippen molar-refractivity contribution in [3.05, 3.63) is 70.5 Å². The van der Waals surface area contributed by atoms with Gasteiger partial charge in [-0.05, 0) is 22.8 Å². The second-order valence-corrected chi connectivity index (χ2v) is 6.79.